The molecule has 0 aromatic rings. The van der Waals surface area contributed by atoms with Crippen LogP contribution < -0.4 is 5.32 Å². The zero-order chi connectivity index (χ0) is 10.3. The molecule has 0 aromatic carbocycles. The van der Waals surface area contributed by atoms with Crippen molar-refractivity contribution in [2.45, 2.75) is 12.8 Å². The van der Waals surface area contributed by atoms with Crippen LogP contribution in [0.1, 0.15) is 12.8 Å². The van der Waals surface area contributed by atoms with Crippen molar-refractivity contribution in [1.82, 2.24) is 10.2 Å². The molecule has 3 saturated heterocycles. The first-order valence-corrected chi connectivity index (χ1v) is 5.86. The summed E-state index contributed by atoms with van der Waals surface area (Å²) in [6.07, 6.45) is 2.28. The number of nitrogens with zero attached hydrogens (tertiary/aromatic N) is 1. The Bertz CT molecular complexity index is 275. The summed E-state index contributed by atoms with van der Waals surface area (Å²) >= 11 is 0. The maximum atomic E-state index is 12.0. The summed E-state index contributed by atoms with van der Waals surface area (Å²) in [6, 6.07) is 0. The van der Waals surface area contributed by atoms with Crippen LogP contribution in [0.2, 0.25) is 0 Å². The molecule has 0 aliphatic carbocycles. The van der Waals surface area contributed by atoms with Crippen molar-refractivity contribution >= 4 is 18.3 Å². The molecule has 1 spiro atoms. The largest absolute Gasteiger partial charge is 0.381 e. The third-order valence-corrected chi connectivity index (χ3v) is 4.07. The summed E-state index contributed by atoms with van der Waals surface area (Å²) in [5.74, 6) is 0.611. The summed E-state index contributed by atoms with van der Waals surface area (Å²) in [5.41, 5.74) is 0.312. The van der Waals surface area contributed by atoms with Crippen molar-refractivity contribution < 1.29 is 9.53 Å². The topological polar surface area (TPSA) is 41.6 Å². The number of likely N-dealkylation sites (tertiary alicyclic amines) is 1. The van der Waals surface area contributed by atoms with Crippen LogP contribution in [0, 0.1) is 11.3 Å². The average molecular weight is 247 g/mol. The van der Waals surface area contributed by atoms with Gasteiger partial charge in [0, 0.05) is 38.2 Å². The molecule has 1 unspecified atom stereocenters. The molecular weight excluding hydrogens is 228 g/mol. The van der Waals surface area contributed by atoms with Gasteiger partial charge in [0.25, 0.3) is 0 Å². The third-order valence-electron chi connectivity index (χ3n) is 4.07. The highest BCUT2D eigenvalue weighted by Gasteiger charge is 2.44. The fourth-order valence-corrected chi connectivity index (χ4v) is 2.82. The highest BCUT2D eigenvalue weighted by molar-refractivity contribution is 5.85. The molecule has 4 nitrogen and oxygen atoms in total. The molecule has 16 heavy (non-hydrogen) atoms. The van der Waals surface area contributed by atoms with Gasteiger partial charge in [-0.1, -0.05) is 0 Å². The van der Waals surface area contributed by atoms with E-state index in [4.69, 9.17) is 4.74 Å². The van der Waals surface area contributed by atoms with E-state index < -0.39 is 0 Å². The molecule has 0 aromatic heterocycles. The van der Waals surface area contributed by atoms with Crippen molar-refractivity contribution in [3.8, 4) is 0 Å². The maximum absolute atomic E-state index is 12.0. The first-order chi connectivity index (χ1) is 7.29. The van der Waals surface area contributed by atoms with E-state index in [1.807, 2.05) is 0 Å². The highest BCUT2D eigenvalue weighted by atomic mass is 35.5. The van der Waals surface area contributed by atoms with Crippen molar-refractivity contribution in [3.05, 3.63) is 0 Å². The monoisotopic (exact) mass is 246 g/mol. The van der Waals surface area contributed by atoms with Gasteiger partial charge >= 0.3 is 0 Å². The molecule has 1 N–H and O–H groups in total. The quantitative estimate of drug-likeness (QED) is 0.722. The lowest BCUT2D eigenvalue weighted by Crippen LogP contribution is -2.51. The Balaban J connectivity index is 0.000000963. The van der Waals surface area contributed by atoms with Gasteiger partial charge in [-0.3, -0.25) is 4.79 Å². The number of halogens is 1. The van der Waals surface area contributed by atoms with Gasteiger partial charge in [0.15, 0.2) is 0 Å². The van der Waals surface area contributed by atoms with Crippen LogP contribution in [0.3, 0.4) is 0 Å². The number of amides is 1. The molecule has 5 heteroatoms. The molecule has 3 rings (SSSR count). The SMILES string of the molecule is Cl.O=C(C1CNC1)N1CCC2(CCOC2)C1. The molecular formula is C11H19ClN2O2. The van der Waals surface area contributed by atoms with Crippen LogP contribution in [-0.4, -0.2) is 50.2 Å². The van der Waals surface area contributed by atoms with Crippen LogP contribution in [0.5, 0.6) is 0 Å². The van der Waals surface area contributed by atoms with Crippen LogP contribution in [0.25, 0.3) is 0 Å². The van der Waals surface area contributed by atoms with Gasteiger partial charge in [-0.15, -0.1) is 12.4 Å². The van der Waals surface area contributed by atoms with E-state index in [2.05, 4.69) is 10.2 Å². The van der Waals surface area contributed by atoms with E-state index in [1.54, 1.807) is 0 Å². The molecule has 92 valence electrons. The maximum Gasteiger partial charge on any atom is 0.228 e. The minimum absolute atomic E-state index is 0. The summed E-state index contributed by atoms with van der Waals surface area (Å²) in [7, 11) is 0. The van der Waals surface area contributed by atoms with E-state index in [1.165, 1.54) is 0 Å². The molecule has 1 amide bonds. The van der Waals surface area contributed by atoms with Crippen molar-refractivity contribution in [2.24, 2.45) is 11.3 Å². The Morgan fingerprint density at radius 3 is 2.75 bits per heavy atom. The lowest BCUT2D eigenvalue weighted by atomic mass is 9.87. The lowest BCUT2D eigenvalue weighted by molar-refractivity contribution is -0.136. The minimum atomic E-state index is 0. The number of hydrogen-bond donors (Lipinski definition) is 1. The summed E-state index contributed by atoms with van der Waals surface area (Å²) < 4.78 is 5.46. The third kappa shape index (κ3) is 1.94. The van der Waals surface area contributed by atoms with Crippen LogP contribution in [-0.2, 0) is 9.53 Å². The van der Waals surface area contributed by atoms with E-state index in [9.17, 15) is 4.79 Å². The number of carbonyl (C=O) groups is 1. The normalized spacial score (nSPS) is 33.9. The Morgan fingerprint density at radius 1 is 1.38 bits per heavy atom. The van der Waals surface area contributed by atoms with Crippen molar-refractivity contribution in [3.63, 3.8) is 0 Å². The number of nitrogens with one attached hydrogen (secondary N) is 1. The summed E-state index contributed by atoms with van der Waals surface area (Å²) in [6.45, 7) is 5.37. The van der Waals surface area contributed by atoms with Gasteiger partial charge in [-0.25, -0.2) is 0 Å². The Hall–Kier alpha value is -0.320. The van der Waals surface area contributed by atoms with Crippen molar-refractivity contribution in [2.75, 3.05) is 39.4 Å². The van der Waals surface area contributed by atoms with E-state index in [-0.39, 0.29) is 18.3 Å². The molecule has 3 aliphatic rings. The van der Waals surface area contributed by atoms with E-state index >= 15 is 0 Å². The first-order valence-electron chi connectivity index (χ1n) is 5.86. The van der Waals surface area contributed by atoms with Crippen molar-refractivity contribution in [1.29, 1.82) is 0 Å². The van der Waals surface area contributed by atoms with Gasteiger partial charge < -0.3 is 15.0 Å². The minimum Gasteiger partial charge on any atom is -0.381 e. The fourth-order valence-electron chi connectivity index (χ4n) is 2.82. The second kappa shape index (κ2) is 4.51. The lowest BCUT2D eigenvalue weighted by Gasteiger charge is -2.31. The molecule has 3 aliphatic heterocycles. The Kier molecular flexibility index (Phi) is 3.42. The van der Waals surface area contributed by atoms with E-state index in [0.717, 1.165) is 52.2 Å². The number of hydrogen-bond acceptors (Lipinski definition) is 3. The van der Waals surface area contributed by atoms with Crippen LogP contribution >= 0.6 is 12.4 Å². The zero-order valence-electron chi connectivity index (χ0n) is 9.41. The van der Waals surface area contributed by atoms with Gasteiger partial charge in [0.1, 0.15) is 0 Å². The van der Waals surface area contributed by atoms with Gasteiger partial charge in [0.2, 0.25) is 5.91 Å². The summed E-state index contributed by atoms with van der Waals surface area (Å²) in [5, 5.41) is 3.15. The average Bonchev–Trinajstić information content (AvgIpc) is 2.74. The second-order valence-corrected chi connectivity index (χ2v) is 5.17. The Morgan fingerprint density at radius 2 is 2.19 bits per heavy atom. The van der Waals surface area contributed by atoms with Crippen LogP contribution in [0.4, 0.5) is 0 Å². The standard InChI is InChI=1S/C11H18N2O2.ClH/c14-10(9-5-12-6-9)13-3-1-11(7-13)2-4-15-8-11;/h9,12H,1-8H2;1H. The zero-order valence-corrected chi connectivity index (χ0v) is 10.2. The van der Waals surface area contributed by atoms with Gasteiger partial charge in [0.05, 0.1) is 12.5 Å². The highest BCUT2D eigenvalue weighted by Crippen LogP contribution is 2.38. The fraction of sp³-hybridized carbons (Fsp3) is 0.909. The smallest absolute Gasteiger partial charge is 0.228 e. The van der Waals surface area contributed by atoms with Gasteiger partial charge in [-0.2, -0.15) is 0 Å². The molecule has 3 heterocycles. The first kappa shape index (κ1) is 12.1. The number of carbonyl (C=O) groups excluding carboxylic acids is 1. The summed E-state index contributed by atoms with van der Waals surface area (Å²) in [4.78, 5) is 14.1. The number of ether oxygens (including phenoxy) is 1. The predicted molar refractivity (Wildman–Crippen MR) is 62.7 cm³/mol. The molecule has 0 bridgehead atoms. The van der Waals surface area contributed by atoms with Gasteiger partial charge in [-0.05, 0) is 12.8 Å². The molecule has 0 saturated carbocycles. The Labute approximate surface area is 102 Å². The molecule has 0 radical (unpaired) electrons. The second-order valence-electron chi connectivity index (χ2n) is 5.17. The number of rotatable bonds is 1. The van der Waals surface area contributed by atoms with E-state index in [0.29, 0.717) is 11.3 Å². The predicted octanol–water partition coefficient (Wildman–Crippen LogP) is 0.267. The van der Waals surface area contributed by atoms with Crippen LogP contribution in [0.15, 0.2) is 0 Å². The molecule has 1 atom stereocenters. The molecule has 3 fully saturated rings.